The predicted octanol–water partition coefficient (Wildman–Crippen LogP) is 5.04. The van der Waals surface area contributed by atoms with E-state index in [0.29, 0.717) is 15.9 Å². The lowest BCUT2D eigenvalue weighted by Crippen LogP contribution is -2.03. The number of hydrogen-bond donors (Lipinski definition) is 1. The number of benzene rings is 2. The lowest BCUT2D eigenvalue weighted by molar-refractivity contribution is 1.14. The maximum Gasteiger partial charge on any atom is 0.162 e. The molecule has 3 aromatic rings. The molecule has 1 N–H and O–H groups in total. The average Bonchev–Trinajstić information content (AvgIpc) is 2.48. The molecule has 3 nitrogen and oxygen atoms in total. The largest absolute Gasteiger partial charge is 0.370 e. The van der Waals surface area contributed by atoms with Crippen LogP contribution in [0, 0.1) is 0 Å². The summed E-state index contributed by atoms with van der Waals surface area (Å²) in [5.41, 5.74) is 1.74. The van der Waals surface area contributed by atoms with E-state index in [4.69, 9.17) is 23.2 Å². The Morgan fingerprint density at radius 2 is 1.81 bits per heavy atom. The highest BCUT2D eigenvalue weighted by atomic mass is 35.5. The van der Waals surface area contributed by atoms with E-state index in [2.05, 4.69) is 15.3 Å². The van der Waals surface area contributed by atoms with Crippen LogP contribution < -0.4 is 5.32 Å². The van der Waals surface area contributed by atoms with Crippen LogP contribution >= 0.6 is 23.2 Å². The maximum absolute atomic E-state index is 6.07. The van der Waals surface area contributed by atoms with Gasteiger partial charge in [0.05, 0.1) is 5.52 Å². The highest BCUT2D eigenvalue weighted by Gasteiger charge is 2.09. The van der Waals surface area contributed by atoms with Crippen molar-refractivity contribution >= 4 is 39.9 Å². The average molecular weight is 318 g/mol. The molecular weight excluding hydrogens is 305 g/mol. The Kier molecular flexibility index (Phi) is 3.95. The number of halogens is 2. The molecule has 0 aliphatic heterocycles. The summed E-state index contributed by atoms with van der Waals surface area (Å²) < 4.78 is 0. The summed E-state index contributed by atoms with van der Waals surface area (Å²) in [5.74, 6) is 1.42. The molecule has 0 aliphatic rings. The Hall–Kier alpha value is -1.84. The van der Waals surface area contributed by atoms with Gasteiger partial charge in [-0.15, -0.1) is 0 Å². The van der Waals surface area contributed by atoms with Crippen molar-refractivity contribution in [3.05, 3.63) is 52.5 Å². The SMILES string of the molecule is CCNc1nc(-c2cccc(Cl)c2)nc2ccc(Cl)cc12. The molecule has 0 unspecified atom stereocenters. The number of nitrogens with one attached hydrogen (secondary N) is 1. The van der Waals surface area contributed by atoms with Gasteiger partial charge in [0.25, 0.3) is 0 Å². The normalized spacial score (nSPS) is 10.8. The van der Waals surface area contributed by atoms with Crippen molar-refractivity contribution in [3.63, 3.8) is 0 Å². The Balaban J connectivity index is 2.23. The highest BCUT2D eigenvalue weighted by Crippen LogP contribution is 2.28. The molecular formula is C16H13Cl2N3. The molecule has 0 fully saturated rings. The quantitative estimate of drug-likeness (QED) is 0.735. The minimum absolute atomic E-state index is 0.642. The van der Waals surface area contributed by atoms with Gasteiger partial charge in [0, 0.05) is 27.5 Å². The van der Waals surface area contributed by atoms with Gasteiger partial charge in [0.2, 0.25) is 0 Å². The van der Waals surface area contributed by atoms with Gasteiger partial charge in [0.15, 0.2) is 5.82 Å². The fraction of sp³-hybridized carbons (Fsp3) is 0.125. The van der Waals surface area contributed by atoms with E-state index in [0.717, 1.165) is 28.8 Å². The first-order valence-corrected chi connectivity index (χ1v) is 7.40. The number of rotatable bonds is 3. The summed E-state index contributed by atoms with van der Waals surface area (Å²) in [7, 11) is 0. The van der Waals surface area contributed by atoms with Gasteiger partial charge in [-0.05, 0) is 37.3 Å². The van der Waals surface area contributed by atoms with Crippen LogP contribution in [0.3, 0.4) is 0 Å². The van der Waals surface area contributed by atoms with E-state index in [9.17, 15) is 0 Å². The van der Waals surface area contributed by atoms with Crippen molar-refractivity contribution < 1.29 is 0 Å². The Morgan fingerprint density at radius 1 is 1.00 bits per heavy atom. The van der Waals surface area contributed by atoms with E-state index in [-0.39, 0.29) is 0 Å². The zero-order valence-corrected chi connectivity index (χ0v) is 12.9. The first-order chi connectivity index (χ1) is 10.2. The fourth-order valence-electron chi connectivity index (χ4n) is 2.16. The van der Waals surface area contributed by atoms with E-state index in [1.165, 1.54) is 0 Å². The molecule has 21 heavy (non-hydrogen) atoms. The van der Waals surface area contributed by atoms with Crippen LogP contribution in [0.1, 0.15) is 6.92 Å². The number of hydrogen-bond acceptors (Lipinski definition) is 3. The molecule has 1 aromatic heterocycles. The maximum atomic E-state index is 6.07. The summed E-state index contributed by atoms with van der Waals surface area (Å²) >= 11 is 12.1. The Labute approximate surface area is 132 Å². The molecule has 5 heteroatoms. The van der Waals surface area contributed by atoms with Crippen LogP contribution in [0.5, 0.6) is 0 Å². The molecule has 106 valence electrons. The van der Waals surface area contributed by atoms with Gasteiger partial charge >= 0.3 is 0 Å². The molecule has 0 aliphatic carbocycles. The van der Waals surface area contributed by atoms with Gasteiger partial charge in [-0.3, -0.25) is 0 Å². The van der Waals surface area contributed by atoms with E-state index >= 15 is 0 Å². The van der Waals surface area contributed by atoms with Gasteiger partial charge in [0.1, 0.15) is 5.82 Å². The van der Waals surface area contributed by atoms with E-state index < -0.39 is 0 Å². The van der Waals surface area contributed by atoms with Gasteiger partial charge in [-0.25, -0.2) is 9.97 Å². The van der Waals surface area contributed by atoms with E-state index in [1.807, 2.05) is 49.4 Å². The molecule has 0 amide bonds. The van der Waals surface area contributed by atoms with Crippen LogP contribution in [0.2, 0.25) is 10.0 Å². The molecule has 0 bridgehead atoms. The first kappa shape index (κ1) is 14.1. The minimum atomic E-state index is 0.642. The number of aromatic nitrogens is 2. The van der Waals surface area contributed by atoms with Crippen LogP contribution in [0.15, 0.2) is 42.5 Å². The summed E-state index contributed by atoms with van der Waals surface area (Å²) in [6, 6.07) is 13.1. The van der Waals surface area contributed by atoms with Crippen molar-refractivity contribution in [1.82, 2.24) is 9.97 Å². The van der Waals surface area contributed by atoms with Crippen LogP contribution in [-0.4, -0.2) is 16.5 Å². The monoisotopic (exact) mass is 317 g/mol. The molecule has 1 heterocycles. The summed E-state index contributed by atoms with van der Waals surface area (Å²) in [4.78, 5) is 9.21. The smallest absolute Gasteiger partial charge is 0.162 e. The van der Waals surface area contributed by atoms with Crippen molar-refractivity contribution in [2.75, 3.05) is 11.9 Å². The van der Waals surface area contributed by atoms with Crippen molar-refractivity contribution in [2.45, 2.75) is 6.92 Å². The third-order valence-electron chi connectivity index (χ3n) is 3.08. The van der Waals surface area contributed by atoms with Crippen molar-refractivity contribution in [2.24, 2.45) is 0 Å². The number of fused-ring (bicyclic) bond motifs is 1. The van der Waals surface area contributed by atoms with Crippen molar-refractivity contribution in [3.8, 4) is 11.4 Å². The minimum Gasteiger partial charge on any atom is -0.370 e. The van der Waals surface area contributed by atoms with Gasteiger partial charge < -0.3 is 5.32 Å². The fourth-order valence-corrected chi connectivity index (χ4v) is 2.52. The molecule has 0 spiro atoms. The molecule has 3 rings (SSSR count). The van der Waals surface area contributed by atoms with Crippen molar-refractivity contribution in [1.29, 1.82) is 0 Å². The van der Waals surface area contributed by atoms with Crippen LogP contribution in [-0.2, 0) is 0 Å². The summed E-state index contributed by atoms with van der Waals surface area (Å²) in [5, 5.41) is 5.50. The number of nitrogens with zero attached hydrogens (tertiary/aromatic N) is 2. The third-order valence-corrected chi connectivity index (χ3v) is 3.56. The second-order valence-electron chi connectivity index (χ2n) is 4.60. The highest BCUT2D eigenvalue weighted by molar-refractivity contribution is 6.31. The standard InChI is InChI=1S/C16H13Cl2N3/c1-2-19-16-13-9-12(18)6-7-14(13)20-15(21-16)10-4-3-5-11(17)8-10/h3-9H,2H2,1H3,(H,19,20,21). The topological polar surface area (TPSA) is 37.8 Å². The molecule has 0 saturated heterocycles. The summed E-state index contributed by atoms with van der Waals surface area (Å²) in [6.07, 6.45) is 0. The first-order valence-electron chi connectivity index (χ1n) is 6.64. The second-order valence-corrected chi connectivity index (χ2v) is 5.47. The summed E-state index contributed by atoms with van der Waals surface area (Å²) in [6.45, 7) is 2.80. The second kappa shape index (κ2) is 5.88. The molecule has 0 radical (unpaired) electrons. The molecule has 2 aromatic carbocycles. The lowest BCUT2D eigenvalue weighted by Gasteiger charge is -2.10. The molecule has 0 atom stereocenters. The predicted molar refractivity (Wildman–Crippen MR) is 89.2 cm³/mol. The Bertz CT molecular complexity index is 803. The van der Waals surface area contributed by atoms with E-state index in [1.54, 1.807) is 0 Å². The number of anilines is 1. The molecule has 0 saturated carbocycles. The van der Waals surface area contributed by atoms with Gasteiger partial charge in [-0.1, -0.05) is 35.3 Å². The Morgan fingerprint density at radius 3 is 2.57 bits per heavy atom. The lowest BCUT2D eigenvalue weighted by atomic mass is 10.2. The van der Waals surface area contributed by atoms with Crippen LogP contribution in [0.4, 0.5) is 5.82 Å². The third kappa shape index (κ3) is 2.94. The van der Waals surface area contributed by atoms with Gasteiger partial charge in [-0.2, -0.15) is 0 Å². The zero-order chi connectivity index (χ0) is 14.8. The zero-order valence-electron chi connectivity index (χ0n) is 11.4. The van der Waals surface area contributed by atoms with Crippen LogP contribution in [0.25, 0.3) is 22.3 Å².